The Kier molecular flexibility index (Phi) is 11.9. The van der Waals surface area contributed by atoms with Crippen molar-refractivity contribution in [2.75, 3.05) is 19.6 Å². The number of halogens is 6. The molecule has 2 saturated heterocycles. The second-order valence-electron chi connectivity index (χ2n) is 14.1. The van der Waals surface area contributed by atoms with Crippen LogP contribution in [0.1, 0.15) is 69.8 Å². The first-order chi connectivity index (χ1) is 26.9. The van der Waals surface area contributed by atoms with Gasteiger partial charge in [0.2, 0.25) is 5.82 Å². The summed E-state index contributed by atoms with van der Waals surface area (Å²) in [5, 5.41) is 23.9. The number of nitrogens with one attached hydrogen (secondary N) is 1. The highest BCUT2D eigenvalue weighted by atomic mass is 35.5. The van der Waals surface area contributed by atoms with Gasteiger partial charge < -0.3 is 29.9 Å². The van der Waals surface area contributed by atoms with Crippen LogP contribution in [0.25, 0.3) is 11.1 Å². The van der Waals surface area contributed by atoms with Crippen molar-refractivity contribution in [2.45, 2.75) is 56.5 Å². The van der Waals surface area contributed by atoms with Crippen molar-refractivity contribution in [1.29, 1.82) is 0 Å². The number of amides is 1. The molecule has 5 aromatic rings. The first-order valence-electron chi connectivity index (χ1n) is 18.1. The van der Waals surface area contributed by atoms with Crippen molar-refractivity contribution in [2.24, 2.45) is 0 Å². The van der Waals surface area contributed by atoms with E-state index in [-0.39, 0.29) is 25.4 Å². The average Bonchev–Trinajstić information content (AvgIpc) is 3.22. The molecule has 0 aromatic heterocycles. The number of benzene rings is 5. The summed E-state index contributed by atoms with van der Waals surface area (Å²) in [6, 6.07) is 29.4. The number of aliphatic hydroxyl groups excluding tert-OH is 1. The van der Waals surface area contributed by atoms with Gasteiger partial charge in [0, 0.05) is 43.2 Å². The zero-order valence-corrected chi connectivity index (χ0v) is 30.7. The van der Waals surface area contributed by atoms with Gasteiger partial charge in [0.05, 0.1) is 24.4 Å². The van der Waals surface area contributed by atoms with Crippen LogP contribution in [-0.2, 0) is 28.2 Å². The van der Waals surface area contributed by atoms with E-state index in [1.54, 1.807) is 30.3 Å². The lowest BCUT2D eigenvalue weighted by atomic mass is 9.84. The highest BCUT2D eigenvalue weighted by Crippen LogP contribution is 2.40. The summed E-state index contributed by atoms with van der Waals surface area (Å²) in [7, 11) is 0. The molecule has 7 rings (SSSR count). The van der Waals surface area contributed by atoms with Gasteiger partial charge >= 0.3 is 0 Å². The van der Waals surface area contributed by atoms with Crippen molar-refractivity contribution >= 4 is 17.5 Å². The van der Waals surface area contributed by atoms with Crippen LogP contribution in [0.15, 0.2) is 97.1 Å². The number of nitrogens with zero attached hydrogens (tertiary/aromatic N) is 1. The van der Waals surface area contributed by atoms with Gasteiger partial charge in [0.25, 0.3) is 5.91 Å². The number of ether oxygens (including phenoxy) is 2. The van der Waals surface area contributed by atoms with Gasteiger partial charge in [-0.3, -0.25) is 4.79 Å². The van der Waals surface area contributed by atoms with Crippen LogP contribution in [0.2, 0.25) is 5.02 Å². The van der Waals surface area contributed by atoms with E-state index in [2.05, 4.69) is 10.2 Å². The predicted octanol–water partition coefficient (Wildman–Crippen LogP) is 8.65. The molecule has 56 heavy (non-hydrogen) atoms. The smallest absolute Gasteiger partial charge is 0.257 e. The maximum Gasteiger partial charge on any atom is 0.257 e. The van der Waals surface area contributed by atoms with Crippen molar-refractivity contribution in [3.63, 3.8) is 0 Å². The Balaban J connectivity index is 1.07. The molecule has 2 fully saturated rings. The fourth-order valence-corrected chi connectivity index (χ4v) is 7.40. The van der Waals surface area contributed by atoms with Crippen LogP contribution in [0, 0.1) is 29.1 Å². The molecule has 7 nitrogen and oxygen atoms in total. The summed E-state index contributed by atoms with van der Waals surface area (Å²) in [4.78, 5) is 14.8. The SMILES string of the molecule is O=C(NCc1cccc(-c2cccc(C3OC(CN4CCC(O)(c5ccc(Cl)cc5)CC4)CC(c4ccc(CO)cc4)O3)c2)c1)c1c(F)c(F)c(F)c(F)c1F. The highest BCUT2D eigenvalue weighted by Gasteiger charge is 2.38. The summed E-state index contributed by atoms with van der Waals surface area (Å²) in [6.45, 7) is 1.60. The summed E-state index contributed by atoms with van der Waals surface area (Å²) in [5.41, 5.74) is 2.79. The maximum atomic E-state index is 14.2. The molecule has 2 aliphatic rings. The second kappa shape index (κ2) is 16.8. The third kappa shape index (κ3) is 8.51. The van der Waals surface area contributed by atoms with Crippen LogP contribution in [0.4, 0.5) is 22.0 Å². The lowest BCUT2D eigenvalue weighted by Crippen LogP contribution is -2.46. The molecule has 0 spiro atoms. The number of aliphatic hydroxyl groups is 2. The first-order valence-corrected chi connectivity index (χ1v) is 18.5. The van der Waals surface area contributed by atoms with Gasteiger partial charge in [-0.25, -0.2) is 22.0 Å². The summed E-state index contributed by atoms with van der Waals surface area (Å²) < 4.78 is 82.5. The van der Waals surface area contributed by atoms with Gasteiger partial charge in [-0.1, -0.05) is 84.4 Å². The van der Waals surface area contributed by atoms with Gasteiger partial charge in [0.15, 0.2) is 29.6 Å². The van der Waals surface area contributed by atoms with Gasteiger partial charge in [0.1, 0.15) is 5.56 Å². The third-order valence-electron chi connectivity index (χ3n) is 10.5. The van der Waals surface area contributed by atoms with Crippen molar-refractivity contribution < 1.29 is 46.4 Å². The maximum absolute atomic E-state index is 14.2. The molecule has 3 atom stereocenters. The molecule has 0 saturated carbocycles. The molecule has 1 amide bonds. The van der Waals surface area contributed by atoms with E-state index >= 15 is 0 Å². The number of hydrogen-bond acceptors (Lipinski definition) is 6. The Morgan fingerprint density at radius 3 is 2.05 bits per heavy atom. The number of hydrogen-bond donors (Lipinski definition) is 3. The summed E-state index contributed by atoms with van der Waals surface area (Å²) >= 11 is 6.08. The number of likely N-dealkylation sites (tertiary alicyclic amines) is 1. The summed E-state index contributed by atoms with van der Waals surface area (Å²) in [5.74, 6) is -12.6. The fraction of sp³-hybridized carbons (Fsp3) is 0.279. The minimum absolute atomic E-state index is 0.0802. The molecule has 292 valence electrons. The molecule has 2 aliphatic heterocycles. The average molecular weight is 793 g/mol. The van der Waals surface area contributed by atoms with Gasteiger partial charge in [-0.15, -0.1) is 0 Å². The molecule has 3 N–H and O–H groups in total. The highest BCUT2D eigenvalue weighted by molar-refractivity contribution is 6.30. The lowest BCUT2D eigenvalue weighted by molar-refractivity contribution is -0.253. The van der Waals surface area contributed by atoms with Gasteiger partial charge in [-0.2, -0.15) is 0 Å². The van der Waals surface area contributed by atoms with Crippen LogP contribution >= 0.6 is 11.6 Å². The number of piperidine rings is 1. The van der Waals surface area contributed by atoms with Crippen molar-refractivity contribution in [1.82, 2.24) is 10.2 Å². The Morgan fingerprint density at radius 2 is 1.39 bits per heavy atom. The quantitative estimate of drug-likeness (QED) is 0.0746. The molecule has 0 radical (unpaired) electrons. The molecular formula is C43H38ClF5N2O5. The van der Waals surface area contributed by atoms with Crippen LogP contribution in [0.3, 0.4) is 0 Å². The molecular weight excluding hydrogens is 755 g/mol. The van der Waals surface area contributed by atoms with Gasteiger partial charge in [-0.05, 0) is 70.5 Å². The Bertz CT molecular complexity index is 2170. The molecule has 13 heteroatoms. The molecule has 0 bridgehead atoms. The lowest BCUT2D eigenvalue weighted by Gasteiger charge is -2.42. The summed E-state index contributed by atoms with van der Waals surface area (Å²) in [6.07, 6.45) is 0.369. The minimum Gasteiger partial charge on any atom is -0.392 e. The molecule has 2 heterocycles. The zero-order valence-electron chi connectivity index (χ0n) is 30.0. The van der Waals surface area contributed by atoms with E-state index < -0.39 is 52.4 Å². The molecule has 5 aromatic carbocycles. The zero-order chi connectivity index (χ0) is 39.6. The van der Waals surface area contributed by atoms with E-state index in [1.807, 2.05) is 66.7 Å². The first kappa shape index (κ1) is 39.5. The molecule has 0 aliphatic carbocycles. The Morgan fingerprint density at radius 1 is 0.768 bits per heavy atom. The van der Waals surface area contributed by atoms with Crippen LogP contribution < -0.4 is 5.32 Å². The van der Waals surface area contributed by atoms with E-state index in [1.165, 1.54) is 0 Å². The Labute approximate surface area is 325 Å². The second-order valence-corrected chi connectivity index (χ2v) is 14.6. The number of carbonyl (C=O) groups is 1. The van der Waals surface area contributed by atoms with E-state index in [0.29, 0.717) is 49.5 Å². The third-order valence-corrected chi connectivity index (χ3v) is 10.7. The fourth-order valence-electron chi connectivity index (χ4n) is 7.28. The van der Waals surface area contributed by atoms with Crippen LogP contribution in [-0.4, -0.2) is 46.8 Å². The normalized spacial score (nSPS) is 19.8. The van der Waals surface area contributed by atoms with E-state index in [9.17, 15) is 37.0 Å². The predicted molar refractivity (Wildman–Crippen MR) is 199 cm³/mol. The number of rotatable bonds is 10. The van der Waals surface area contributed by atoms with E-state index in [0.717, 1.165) is 33.4 Å². The largest absolute Gasteiger partial charge is 0.392 e. The number of carbonyl (C=O) groups excluding carboxylic acids is 1. The standard InChI is InChI=1S/C43H38ClF5N2O5/c44-32-13-11-31(12-14-32)43(54)15-17-51(18-16-43)23-33-21-34(27-9-7-25(24-52)8-10-27)56-42(55-33)30-6-2-5-29(20-30)28-4-1-3-26(19-28)22-50-41(53)35-36(45)38(47)40(49)39(48)37(35)46/h1-14,19-20,33-34,42,52,54H,15-18,21-24H2,(H,50,53). The molecule has 3 unspecified atom stereocenters. The monoisotopic (exact) mass is 792 g/mol. The van der Waals surface area contributed by atoms with Crippen molar-refractivity contribution in [3.05, 3.63) is 165 Å². The van der Waals surface area contributed by atoms with Crippen molar-refractivity contribution in [3.8, 4) is 11.1 Å². The van der Waals surface area contributed by atoms with E-state index in [4.69, 9.17) is 21.1 Å². The minimum atomic E-state index is -2.34. The Hall–Kier alpha value is -4.69. The van der Waals surface area contributed by atoms with Crippen LogP contribution in [0.5, 0.6) is 0 Å². The topological polar surface area (TPSA) is 91.3 Å².